The van der Waals surface area contributed by atoms with Gasteiger partial charge in [-0.1, -0.05) is 19.9 Å². The van der Waals surface area contributed by atoms with Gasteiger partial charge >= 0.3 is 5.97 Å². The average Bonchev–Trinajstić information content (AvgIpc) is 2.59. The molecule has 2 atom stereocenters. The van der Waals surface area contributed by atoms with Gasteiger partial charge < -0.3 is 25.6 Å². The van der Waals surface area contributed by atoms with Crippen LogP contribution in [0.2, 0.25) is 0 Å². The van der Waals surface area contributed by atoms with Crippen molar-refractivity contribution in [3.8, 4) is 0 Å². The molecule has 8 heteroatoms. The molecule has 0 spiro atoms. The Hall–Kier alpha value is -2.45. The van der Waals surface area contributed by atoms with Crippen molar-refractivity contribution in [2.75, 3.05) is 19.0 Å². The second-order valence-corrected chi connectivity index (χ2v) is 6.37. The summed E-state index contributed by atoms with van der Waals surface area (Å²) in [5.41, 5.74) is 0.524. The van der Waals surface area contributed by atoms with E-state index in [0.29, 0.717) is 12.0 Å². The third-order valence-electron chi connectivity index (χ3n) is 3.63. The van der Waals surface area contributed by atoms with Gasteiger partial charge in [-0.2, -0.15) is 0 Å². The number of aliphatic hydroxyl groups is 2. The standard InChI is InChI=1S/C18H26N2O6/c1-10(2)7-16(23)19-11(3)17(24)20-14-6-5-12(15(22)9-21)8-13(14)18(25)26-4/h5-6,8,10-11,15,21-22H,7,9H2,1-4H3,(H,19,23)(H,20,24)/t11-,15?/m0/s1. The fourth-order valence-corrected chi connectivity index (χ4v) is 2.24. The molecule has 0 aliphatic rings. The highest BCUT2D eigenvalue weighted by Crippen LogP contribution is 2.22. The largest absolute Gasteiger partial charge is 0.465 e. The molecule has 0 aromatic heterocycles. The van der Waals surface area contributed by atoms with Crippen molar-refractivity contribution in [2.24, 2.45) is 5.92 Å². The normalized spacial score (nSPS) is 13.0. The van der Waals surface area contributed by atoms with Crippen molar-refractivity contribution in [1.29, 1.82) is 0 Å². The first-order chi connectivity index (χ1) is 12.2. The Bertz CT molecular complexity index is 659. The zero-order valence-corrected chi connectivity index (χ0v) is 15.4. The number of esters is 1. The van der Waals surface area contributed by atoms with E-state index in [1.165, 1.54) is 32.2 Å². The van der Waals surface area contributed by atoms with Crippen molar-refractivity contribution < 1.29 is 29.3 Å². The zero-order chi connectivity index (χ0) is 19.9. The molecule has 0 aliphatic carbocycles. The number of rotatable bonds is 8. The molecule has 0 bridgehead atoms. The maximum Gasteiger partial charge on any atom is 0.339 e. The molecule has 4 N–H and O–H groups in total. The first-order valence-corrected chi connectivity index (χ1v) is 8.31. The number of hydrogen-bond donors (Lipinski definition) is 4. The van der Waals surface area contributed by atoms with Crippen LogP contribution in [-0.2, 0) is 14.3 Å². The van der Waals surface area contributed by atoms with E-state index in [-0.39, 0.29) is 23.1 Å². The summed E-state index contributed by atoms with van der Waals surface area (Å²) in [5.74, 6) is -1.27. The van der Waals surface area contributed by atoms with E-state index < -0.39 is 30.6 Å². The van der Waals surface area contributed by atoms with Crippen molar-refractivity contribution >= 4 is 23.5 Å². The lowest BCUT2D eigenvalue weighted by molar-refractivity contribution is -0.126. The van der Waals surface area contributed by atoms with Gasteiger partial charge in [-0.25, -0.2) is 4.79 Å². The van der Waals surface area contributed by atoms with E-state index in [4.69, 9.17) is 9.84 Å². The predicted octanol–water partition coefficient (Wildman–Crippen LogP) is 0.988. The number of carbonyl (C=O) groups excluding carboxylic acids is 3. The zero-order valence-electron chi connectivity index (χ0n) is 15.4. The Morgan fingerprint density at radius 1 is 1.19 bits per heavy atom. The molecular formula is C18H26N2O6. The number of methoxy groups -OCH3 is 1. The van der Waals surface area contributed by atoms with Crippen molar-refractivity contribution in [3.05, 3.63) is 29.3 Å². The number of benzene rings is 1. The lowest BCUT2D eigenvalue weighted by atomic mass is 10.0. The van der Waals surface area contributed by atoms with Crippen LogP contribution in [0.5, 0.6) is 0 Å². The Morgan fingerprint density at radius 3 is 2.38 bits per heavy atom. The van der Waals surface area contributed by atoms with Gasteiger partial charge in [0.15, 0.2) is 0 Å². The van der Waals surface area contributed by atoms with Crippen LogP contribution < -0.4 is 10.6 Å². The molecule has 0 fully saturated rings. The fraction of sp³-hybridized carbons (Fsp3) is 0.500. The molecule has 0 heterocycles. The fourth-order valence-electron chi connectivity index (χ4n) is 2.24. The number of aliphatic hydroxyl groups excluding tert-OH is 2. The highest BCUT2D eigenvalue weighted by atomic mass is 16.5. The maximum absolute atomic E-state index is 12.3. The van der Waals surface area contributed by atoms with Gasteiger partial charge in [-0.3, -0.25) is 9.59 Å². The van der Waals surface area contributed by atoms with Gasteiger partial charge in [0, 0.05) is 6.42 Å². The van der Waals surface area contributed by atoms with E-state index in [1.807, 2.05) is 13.8 Å². The third-order valence-corrected chi connectivity index (χ3v) is 3.63. The highest BCUT2D eigenvalue weighted by molar-refractivity contribution is 6.03. The van der Waals surface area contributed by atoms with Crippen LogP contribution in [0.25, 0.3) is 0 Å². The molecule has 8 nitrogen and oxygen atoms in total. The predicted molar refractivity (Wildman–Crippen MR) is 95.5 cm³/mol. The molecule has 26 heavy (non-hydrogen) atoms. The molecule has 144 valence electrons. The first kappa shape index (κ1) is 21.6. The molecule has 1 aromatic carbocycles. The third kappa shape index (κ3) is 6.12. The van der Waals surface area contributed by atoms with Crippen LogP contribution in [0.3, 0.4) is 0 Å². The summed E-state index contributed by atoms with van der Waals surface area (Å²) in [7, 11) is 1.19. The molecule has 0 saturated carbocycles. The number of hydrogen-bond acceptors (Lipinski definition) is 6. The van der Waals surface area contributed by atoms with Crippen LogP contribution in [0, 0.1) is 5.92 Å². The average molecular weight is 366 g/mol. The Balaban J connectivity index is 2.95. The first-order valence-electron chi connectivity index (χ1n) is 8.31. The quantitative estimate of drug-likeness (QED) is 0.509. The van der Waals surface area contributed by atoms with Crippen molar-refractivity contribution in [1.82, 2.24) is 5.32 Å². The lowest BCUT2D eigenvalue weighted by Gasteiger charge is -2.17. The minimum atomic E-state index is -1.16. The number of amides is 2. The summed E-state index contributed by atoms with van der Waals surface area (Å²) >= 11 is 0. The second kappa shape index (κ2) is 9.88. The highest BCUT2D eigenvalue weighted by Gasteiger charge is 2.21. The summed E-state index contributed by atoms with van der Waals surface area (Å²) in [6.07, 6.45) is -0.851. The molecule has 2 amide bonds. The van der Waals surface area contributed by atoms with Gasteiger partial charge in [0.1, 0.15) is 12.1 Å². The summed E-state index contributed by atoms with van der Waals surface area (Å²) in [6, 6.07) is 3.45. The Kier molecular flexibility index (Phi) is 8.21. The Morgan fingerprint density at radius 2 is 1.85 bits per heavy atom. The van der Waals surface area contributed by atoms with Gasteiger partial charge in [0.05, 0.1) is 25.0 Å². The molecule has 0 radical (unpaired) electrons. The smallest absolute Gasteiger partial charge is 0.339 e. The number of ether oxygens (including phenoxy) is 1. The minimum Gasteiger partial charge on any atom is -0.465 e. The van der Waals surface area contributed by atoms with E-state index in [1.54, 1.807) is 0 Å². The van der Waals surface area contributed by atoms with Crippen LogP contribution in [0.15, 0.2) is 18.2 Å². The van der Waals surface area contributed by atoms with Crippen LogP contribution >= 0.6 is 0 Å². The molecule has 0 aliphatic heterocycles. The van der Waals surface area contributed by atoms with Gasteiger partial charge in [-0.05, 0) is 30.5 Å². The summed E-state index contributed by atoms with van der Waals surface area (Å²) < 4.78 is 4.69. The second-order valence-electron chi connectivity index (χ2n) is 6.37. The Labute approximate surface area is 152 Å². The van der Waals surface area contributed by atoms with Gasteiger partial charge in [0.2, 0.25) is 11.8 Å². The van der Waals surface area contributed by atoms with E-state index >= 15 is 0 Å². The minimum absolute atomic E-state index is 0.0338. The molecular weight excluding hydrogens is 340 g/mol. The SMILES string of the molecule is COC(=O)c1cc(C(O)CO)ccc1NC(=O)[C@H](C)NC(=O)CC(C)C. The summed E-state index contributed by atoms with van der Waals surface area (Å²) in [4.78, 5) is 36.0. The van der Waals surface area contributed by atoms with E-state index in [9.17, 15) is 19.5 Å². The van der Waals surface area contributed by atoms with Crippen LogP contribution in [0.4, 0.5) is 5.69 Å². The van der Waals surface area contributed by atoms with Crippen molar-refractivity contribution in [2.45, 2.75) is 39.3 Å². The van der Waals surface area contributed by atoms with Crippen molar-refractivity contribution in [3.63, 3.8) is 0 Å². The van der Waals surface area contributed by atoms with Gasteiger partial charge in [0.25, 0.3) is 0 Å². The molecule has 1 unspecified atom stereocenters. The van der Waals surface area contributed by atoms with Crippen LogP contribution in [0.1, 0.15) is 49.2 Å². The summed E-state index contributed by atoms with van der Waals surface area (Å²) in [5, 5.41) is 23.9. The van der Waals surface area contributed by atoms with E-state index in [2.05, 4.69) is 10.6 Å². The molecule has 0 saturated heterocycles. The number of nitrogens with one attached hydrogen (secondary N) is 2. The monoisotopic (exact) mass is 366 g/mol. The number of carbonyl (C=O) groups is 3. The molecule has 1 rings (SSSR count). The molecule has 1 aromatic rings. The lowest BCUT2D eigenvalue weighted by Crippen LogP contribution is -2.42. The topological polar surface area (TPSA) is 125 Å². The maximum atomic E-state index is 12.3. The van der Waals surface area contributed by atoms with Crippen LogP contribution in [-0.4, -0.2) is 47.8 Å². The summed E-state index contributed by atoms with van der Waals surface area (Å²) in [6.45, 7) is 4.82. The van der Waals surface area contributed by atoms with Gasteiger partial charge in [-0.15, -0.1) is 0 Å². The number of anilines is 1. The van der Waals surface area contributed by atoms with E-state index in [0.717, 1.165) is 0 Å².